The Bertz CT molecular complexity index is 934. The molecule has 0 spiro atoms. The van der Waals surface area contributed by atoms with Gasteiger partial charge in [-0.2, -0.15) is 5.26 Å². The van der Waals surface area contributed by atoms with E-state index in [1.165, 1.54) is 6.07 Å². The Morgan fingerprint density at radius 2 is 2.04 bits per heavy atom. The molecule has 0 aromatic heterocycles. The minimum atomic E-state index is -0.469. The first-order valence-electron chi connectivity index (χ1n) is 7.90. The number of aromatic hydroxyl groups is 1. The van der Waals surface area contributed by atoms with Gasteiger partial charge in [-0.1, -0.05) is 22.0 Å². The Kier molecular flexibility index (Phi) is 4.96. The number of nitriles is 1. The van der Waals surface area contributed by atoms with E-state index in [1.54, 1.807) is 25.3 Å². The van der Waals surface area contributed by atoms with E-state index in [2.05, 4.69) is 22.0 Å². The van der Waals surface area contributed by atoms with Crippen LogP contribution in [0.2, 0.25) is 0 Å². The first-order valence-corrected chi connectivity index (χ1v) is 8.70. The molecule has 0 amide bonds. The number of nitrogens with two attached hydrogens (primary N) is 1. The van der Waals surface area contributed by atoms with Gasteiger partial charge >= 0.3 is 0 Å². The van der Waals surface area contributed by atoms with Crippen molar-refractivity contribution in [3.63, 3.8) is 0 Å². The number of methoxy groups -OCH3 is 1. The van der Waals surface area contributed by atoms with Gasteiger partial charge in [-0.25, -0.2) is 0 Å². The fourth-order valence-corrected chi connectivity index (χ4v) is 3.52. The Morgan fingerprint density at radius 1 is 1.27 bits per heavy atom. The number of hydrogen-bond donors (Lipinski definition) is 2. The number of ether oxygens (including phenoxy) is 3. The molecule has 0 bridgehead atoms. The fourth-order valence-electron chi connectivity index (χ4n) is 2.96. The van der Waals surface area contributed by atoms with Gasteiger partial charge in [-0.15, -0.1) is 0 Å². The zero-order chi connectivity index (χ0) is 18.8. The van der Waals surface area contributed by atoms with Gasteiger partial charge < -0.3 is 25.1 Å². The van der Waals surface area contributed by atoms with Crippen molar-refractivity contribution in [2.45, 2.75) is 12.8 Å². The van der Waals surface area contributed by atoms with E-state index in [9.17, 15) is 10.4 Å². The summed E-state index contributed by atoms with van der Waals surface area (Å²) in [5.74, 6) is 1.15. The summed E-state index contributed by atoms with van der Waals surface area (Å²) in [5.41, 5.74) is 7.75. The zero-order valence-electron chi connectivity index (χ0n) is 14.2. The minimum absolute atomic E-state index is 0.00958. The molecule has 134 valence electrons. The van der Waals surface area contributed by atoms with Gasteiger partial charge in [0.1, 0.15) is 23.1 Å². The highest BCUT2D eigenvalue weighted by molar-refractivity contribution is 9.10. The van der Waals surface area contributed by atoms with Crippen molar-refractivity contribution >= 4 is 15.9 Å². The Labute approximate surface area is 159 Å². The highest BCUT2D eigenvalue weighted by atomic mass is 79.9. The van der Waals surface area contributed by atoms with Crippen LogP contribution >= 0.6 is 15.9 Å². The standard InChI is InChI=1S/C19H17BrN2O4/c1-3-25-17-8-14(20)12(7-16(17)24-2)18-11-5-4-10(23)6-15(11)26-19(22)13(18)9-21/h4-8,18,23H,3,22H2,1-2H3. The Hall–Kier alpha value is -2.85. The van der Waals surface area contributed by atoms with E-state index in [-0.39, 0.29) is 17.2 Å². The maximum Gasteiger partial charge on any atom is 0.205 e. The average molecular weight is 417 g/mol. The highest BCUT2D eigenvalue weighted by Gasteiger charge is 2.32. The van der Waals surface area contributed by atoms with Crippen LogP contribution in [0.15, 0.2) is 46.3 Å². The summed E-state index contributed by atoms with van der Waals surface area (Å²) < 4.78 is 17.3. The van der Waals surface area contributed by atoms with Crippen LogP contribution in [0.1, 0.15) is 24.0 Å². The molecule has 26 heavy (non-hydrogen) atoms. The van der Waals surface area contributed by atoms with Crippen molar-refractivity contribution < 1.29 is 19.3 Å². The number of phenolic OH excluding ortho intramolecular Hbond substituents is 1. The van der Waals surface area contributed by atoms with Crippen LogP contribution in [0.25, 0.3) is 0 Å². The number of hydrogen-bond acceptors (Lipinski definition) is 6. The number of halogens is 1. The largest absolute Gasteiger partial charge is 0.508 e. The van der Waals surface area contributed by atoms with Gasteiger partial charge in [-0.05, 0) is 30.7 Å². The summed E-state index contributed by atoms with van der Waals surface area (Å²) in [5, 5.41) is 19.4. The van der Waals surface area contributed by atoms with Gasteiger partial charge in [0.15, 0.2) is 11.5 Å². The van der Waals surface area contributed by atoms with Crippen LogP contribution in [0.4, 0.5) is 0 Å². The molecule has 7 heteroatoms. The third-order valence-corrected chi connectivity index (χ3v) is 4.78. The normalized spacial score (nSPS) is 15.7. The lowest BCUT2D eigenvalue weighted by molar-refractivity contribution is 0.310. The molecule has 1 unspecified atom stereocenters. The lowest BCUT2D eigenvalue weighted by Gasteiger charge is -2.27. The quantitative estimate of drug-likeness (QED) is 0.786. The van der Waals surface area contributed by atoms with Crippen LogP contribution in [0, 0.1) is 11.3 Å². The summed E-state index contributed by atoms with van der Waals surface area (Å²) in [6, 6.07) is 10.5. The summed E-state index contributed by atoms with van der Waals surface area (Å²) in [4.78, 5) is 0. The summed E-state index contributed by atoms with van der Waals surface area (Å²) >= 11 is 3.56. The Morgan fingerprint density at radius 3 is 2.69 bits per heavy atom. The van der Waals surface area contributed by atoms with Crippen LogP contribution in [0.3, 0.4) is 0 Å². The van der Waals surface area contributed by atoms with E-state index in [0.717, 1.165) is 15.6 Å². The number of rotatable bonds is 4. The SMILES string of the molecule is CCOc1cc(Br)c(C2C(C#N)=C(N)Oc3cc(O)ccc32)cc1OC. The predicted molar refractivity (Wildman–Crippen MR) is 99.3 cm³/mol. The molecule has 2 aromatic carbocycles. The molecular formula is C19H17BrN2O4. The van der Waals surface area contributed by atoms with E-state index < -0.39 is 5.92 Å². The molecule has 2 aromatic rings. The van der Waals surface area contributed by atoms with Crippen LogP contribution in [-0.4, -0.2) is 18.8 Å². The van der Waals surface area contributed by atoms with Crippen LogP contribution in [-0.2, 0) is 0 Å². The van der Waals surface area contributed by atoms with Crippen molar-refractivity contribution in [2.75, 3.05) is 13.7 Å². The molecule has 0 saturated carbocycles. The first-order chi connectivity index (χ1) is 12.5. The number of allylic oxidation sites excluding steroid dienone is 1. The molecule has 3 N–H and O–H groups in total. The van der Waals surface area contributed by atoms with Crippen LogP contribution in [0.5, 0.6) is 23.0 Å². The third kappa shape index (κ3) is 3.04. The smallest absolute Gasteiger partial charge is 0.205 e. The molecule has 3 rings (SSSR count). The van der Waals surface area contributed by atoms with Gasteiger partial charge in [0.25, 0.3) is 0 Å². The number of phenols is 1. The van der Waals surface area contributed by atoms with Crippen molar-refractivity contribution in [2.24, 2.45) is 5.73 Å². The van der Waals surface area contributed by atoms with Crippen molar-refractivity contribution in [3.8, 4) is 29.1 Å². The molecular weight excluding hydrogens is 400 g/mol. The van der Waals surface area contributed by atoms with Crippen LogP contribution < -0.4 is 19.9 Å². The predicted octanol–water partition coefficient (Wildman–Crippen LogP) is 3.78. The molecule has 0 aliphatic carbocycles. The van der Waals surface area contributed by atoms with Gasteiger partial charge in [0, 0.05) is 16.1 Å². The second-order valence-corrected chi connectivity index (χ2v) is 6.46. The molecule has 1 aliphatic rings. The van der Waals surface area contributed by atoms with E-state index >= 15 is 0 Å². The minimum Gasteiger partial charge on any atom is -0.508 e. The first kappa shape index (κ1) is 18.0. The molecule has 1 atom stereocenters. The lowest BCUT2D eigenvalue weighted by atomic mass is 9.83. The highest BCUT2D eigenvalue weighted by Crippen LogP contribution is 2.47. The topological polar surface area (TPSA) is 97.7 Å². The van der Waals surface area contributed by atoms with Crippen molar-refractivity contribution in [1.29, 1.82) is 5.26 Å². The monoisotopic (exact) mass is 416 g/mol. The lowest BCUT2D eigenvalue weighted by Crippen LogP contribution is -2.21. The van der Waals surface area contributed by atoms with Gasteiger partial charge in [0.05, 0.1) is 19.6 Å². The second kappa shape index (κ2) is 7.18. The van der Waals surface area contributed by atoms with Gasteiger partial charge in [0.2, 0.25) is 5.88 Å². The zero-order valence-corrected chi connectivity index (χ0v) is 15.8. The Balaban J connectivity index is 2.23. The molecule has 1 heterocycles. The number of fused-ring (bicyclic) bond motifs is 1. The number of benzene rings is 2. The fraction of sp³-hybridized carbons (Fsp3) is 0.211. The molecule has 0 radical (unpaired) electrons. The van der Waals surface area contributed by atoms with Crippen molar-refractivity contribution in [3.05, 3.63) is 57.4 Å². The average Bonchev–Trinajstić information content (AvgIpc) is 2.61. The maximum atomic E-state index is 9.74. The summed E-state index contributed by atoms with van der Waals surface area (Å²) in [7, 11) is 1.56. The summed E-state index contributed by atoms with van der Waals surface area (Å²) in [6.07, 6.45) is 0. The third-order valence-electron chi connectivity index (χ3n) is 4.10. The van der Waals surface area contributed by atoms with Crippen molar-refractivity contribution in [1.82, 2.24) is 0 Å². The molecule has 0 fully saturated rings. The maximum absolute atomic E-state index is 9.74. The van der Waals surface area contributed by atoms with E-state index in [0.29, 0.717) is 23.9 Å². The molecule has 1 aliphatic heterocycles. The summed E-state index contributed by atoms with van der Waals surface area (Å²) in [6.45, 7) is 2.39. The van der Waals surface area contributed by atoms with E-state index in [1.807, 2.05) is 13.0 Å². The molecule has 6 nitrogen and oxygen atoms in total. The molecule has 0 saturated heterocycles. The second-order valence-electron chi connectivity index (χ2n) is 5.60. The van der Waals surface area contributed by atoms with Gasteiger partial charge in [-0.3, -0.25) is 0 Å². The number of nitrogens with zero attached hydrogens (tertiary/aromatic N) is 1. The van der Waals surface area contributed by atoms with E-state index in [4.69, 9.17) is 19.9 Å².